The summed E-state index contributed by atoms with van der Waals surface area (Å²) in [6.07, 6.45) is -1.42. The lowest BCUT2D eigenvalue weighted by atomic mass is 9.80. The molecule has 1 atom stereocenters. The Labute approximate surface area is 167 Å². The van der Waals surface area contributed by atoms with Crippen LogP contribution in [0.1, 0.15) is 44.6 Å². The molecule has 156 valence electrons. The highest BCUT2D eigenvalue weighted by atomic mass is 19.3. The Balaban J connectivity index is 1.58. The number of alkyl halides is 2. The molecule has 0 unspecified atom stereocenters. The van der Waals surface area contributed by atoms with Crippen LogP contribution in [-0.4, -0.2) is 46.9 Å². The highest BCUT2D eigenvalue weighted by molar-refractivity contribution is 5.83. The summed E-state index contributed by atoms with van der Waals surface area (Å²) in [4.78, 5) is 15.2. The van der Waals surface area contributed by atoms with Crippen molar-refractivity contribution < 1.29 is 27.5 Å². The highest BCUT2D eigenvalue weighted by Gasteiger charge is 2.40. The first-order valence-corrected chi connectivity index (χ1v) is 9.64. The molecule has 1 fully saturated rings. The molecule has 0 radical (unpaired) electrons. The number of carbonyl (C=O) groups is 1. The van der Waals surface area contributed by atoms with E-state index in [1.807, 2.05) is 24.8 Å². The van der Waals surface area contributed by atoms with E-state index in [-0.39, 0.29) is 17.8 Å². The molecule has 0 aliphatic carbocycles. The number of rotatable bonds is 3. The zero-order valence-corrected chi connectivity index (χ0v) is 16.4. The molecule has 4 rings (SSSR count). The average molecular weight is 407 g/mol. The van der Waals surface area contributed by atoms with E-state index in [0.29, 0.717) is 50.5 Å². The van der Waals surface area contributed by atoms with E-state index in [2.05, 4.69) is 10.2 Å². The smallest absolute Gasteiger partial charge is 0.314 e. The van der Waals surface area contributed by atoms with Gasteiger partial charge in [-0.15, -0.1) is 10.2 Å². The third kappa shape index (κ3) is 3.83. The summed E-state index contributed by atoms with van der Waals surface area (Å²) < 4.78 is 41.8. The van der Waals surface area contributed by atoms with E-state index in [0.717, 1.165) is 5.56 Å². The topological polar surface area (TPSA) is 77.7 Å². The maximum atomic E-state index is 13.3. The molecule has 1 saturated heterocycles. The van der Waals surface area contributed by atoms with Gasteiger partial charge in [0.1, 0.15) is 12.4 Å². The minimum absolute atomic E-state index is 0.00615. The molecule has 7 nitrogen and oxygen atoms in total. The molecule has 3 heterocycles. The first-order chi connectivity index (χ1) is 13.9. The number of hydrogen-bond donors (Lipinski definition) is 0. The average Bonchev–Trinajstić information content (AvgIpc) is 3.15. The van der Waals surface area contributed by atoms with Gasteiger partial charge in [-0.25, -0.2) is 0 Å². The summed E-state index contributed by atoms with van der Waals surface area (Å²) in [6.45, 7) is 5.88. The lowest BCUT2D eigenvalue weighted by Gasteiger charge is -2.38. The van der Waals surface area contributed by atoms with Crippen LogP contribution in [0.4, 0.5) is 8.78 Å². The Morgan fingerprint density at radius 2 is 2.03 bits per heavy atom. The van der Waals surface area contributed by atoms with E-state index >= 15 is 0 Å². The SMILES string of the molecule is C[C@H]1COc2cc(-c3nnc(C(F)F)o3)ccc2CN1C(=O)C1(C)CCOCC1. The van der Waals surface area contributed by atoms with E-state index < -0.39 is 17.7 Å². The standard InChI is InChI=1S/C20H23F2N3O4/c1-12-11-28-15-9-13(17-23-24-18(29-17)16(21)22)3-4-14(15)10-25(12)19(26)20(2)5-7-27-8-6-20/h3-4,9,12,16H,5-8,10-11H2,1-2H3/t12-/m0/s1. The van der Waals surface area contributed by atoms with Crippen LogP contribution in [0.5, 0.6) is 5.75 Å². The van der Waals surface area contributed by atoms with Gasteiger partial charge in [0.05, 0.1) is 11.5 Å². The van der Waals surface area contributed by atoms with Crippen molar-refractivity contribution in [1.82, 2.24) is 15.1 Å². The van der Waals surface area contributed by atoms with Gasteiger partial charge in [0.25, 0.3) is 5.89 Å². The van der Waals surface area contributed by atoms with Crippen molar-refractivity contribution in [1.29, 1.82) is 0 Å². The number of hydrogen-bond acceptors (Lipinski definition) is 6. The summed E-state index contributed by atoms with van der Waals surface area (Å²) in [7, 11) is 0. The second-order valence-corrected chi connectivity index (χ2v) is 7.83. The number of aromatic nitrogens is 2. The molecule has 0 bridgehead atoms. The summed E-state index contributed by atoms with van der Waals surface area (Å²) in [5, 5.41) is 7.04. The first-order valence-electron chi connectivity index (χ1n) is 9.64. The number of benzene rings is 1. The predicted octanol–water partition coefficient (Wildman–Crippen LogP) is 3.60. The summed E-state index contributed by atoms with van der Waals surface area (Å²) in [5.74, 6) is -0.0246. The number of amides is 1. The minimum Gasteiger partial charge on any atom is -0.491 e. The maximum absolute atomic E-state index is 13.3. The van der Waals surface area contributed by atoms with Crippen molar-refractivity contribution in [3.63, 3.8) is 0 Å². The van der Waals surface area contributed by atoms with Crippen LogP contribution in [-0.2, 0) is 16.1 Å². The quantitative estimate of drug-likeness (QED) is 0.774. The lowest BCUT2D eigenvalue weighted by Crippen LogP contribution is -2.49. The van der Waals surface area contributed by atoms with Crippen LogP contribution in [0, 0.1) is 5.41 Å². The van der Waals surface area contributed by atoms with Gasteiger partial charge in [-0.05, 0) is 31.9 Å². The fourth-order valence-corrected chi connectivity index (χ4v) is 3.69. The monoisotopic (exact) mass is 407 g/mol. The van der Waals surface area contributed by atoms with E-state index in [1.54, 1.807) is 12.1 Å². The first kappa shape index (κ1) is 19.8. The fourth-order valence-electron chi connectivity index (χ4n) is 3.69. The van der Waals surface area contributed by atoms with Gasteiger partial charge in [0, 0.05) is 30.9 Å². The van der Waals surface area contributed by atoms with Crippen molar-refractivity contribution in [2.24, 2.45) is 5.41 Å². The molecule has 0 N–H and O–H groups in total. The third-order valence-electron chi connectivity index (χ3n) is 5.67. The van der Waals surface area contributed by atoms with E-state index in [4.69, 9.17) is 13.9 Å². The van der Waals surface area contributed by atoms with E-state index in [1.165, 1.54) is 0 Å². The van der Waals surface area contributed by atoms with Crippen LogP contribution in [0.3, 0.4) is 0 Å². The third-order valence-corrected chi connectivity index (χ3v) is 5.67. The summed E-state index contributed by atoms with van der Waals surface area (Å²) in [5.41, 5.74) is 0.898. The number of ether oxygens (including phenoxy) is 2. The molecule has 0 spiro atoms. The number of fused-ring (bicyclic) bond motifs is 1. The van der Waals surface area contributed by atoms with Crippen molar-refractivity contribution in [3.8, 4) is 17.2 Å². The zero-order valence-electron chi connectivity index (χ0n) is 16.4. The predicted molar refractivity (Wildman–Crippen MR) is 98.4 cm³/mol. The number of halogens is 2. The molecule has 29 heavy (non-hydrogen) atoms. The Kier molecular flexibility index (Phi) is 5.24. The molecular weight excluding hydrogens is 384 g/mol. The summed E-state index contributed by atoms with van der Waals surface area (Å²) >= 11 is 0. The summed E-state index contributed by atoms with van der Waals surface area (Å²) in [6, 6.07) is 5.10. The van der Waals surface area contributed by atoms with Gasteiger partial charge in [-0.1, -0.05) is 13.0 Å². The van der Waals surface area contributed by atoms with Crippen LogP contribution in [0.2, 0.25) is 0 Å². The molecule has 9 heteroatoms. The van der Waals surface area contributed by atoms with Gasteiger partial charge < -0.3 is 18.8 Å². The molecule has 2 aromatic rings. The normalized spacial score (nSPS) is 21.4. The molecule has 1 aromatic carbocycles. The molecule has 1 aromatic heterocycles. The molecule has 2 aliphatic rings. The minimum atomic E-state index is -2.82. The van der Waals surface area contributed by atoms with Crippen LogP contribution in [0.15, 0.2) is 22.6 Å². The Bertz CT molecular complexity index is 896. The maximum Gasteiger partial charge on any atom is 0.314 e. The van der Waals surface area contributed by atoms with E-state index in [9.17, 15) is 13.6 Å². The Morgan fingerprint density at radius 3 is 2.72 bits per heavy atom. The Morgan fingerprint density at radius 1 is 1.28 bits per heavy atom. The highest BCUT2D eigenvalue weighted by Crippen LogP contribution is 2.36. The van der Waals surface area contributed by atoms with Crippen LogP contribution >= 0.6 is 0 Å². The molecule has 0 saturated carbocycles. The largest absolute Gasteiger partial charge is 0.491 e. The van der Waals surface area contributed by atoms with Crippen LogP contribution < -0.4 is 4.74 Å². The van der Waals surface area contributed by atoms with Crippen molar-refractivity contribution >= 4 is 5.91 Å². The molecular formula is C20H23F2N3O4. The van der Waals surface area contributed by atoms with Crippen molar-refractivity contribution in [2.45, 2.75) is 45.7 Å². The second-order valence-electron chi connectivity index (χ2n) is 7.83. The van der Waals surface area contributed by atoms with Gasteiger partial charge in [-0.3, -0.25) is 4.79 Å². The number of nitrogens with zero attached hydrogens (tertiary/aromatic N) is 3. The van der Waals surface area contributed by atoms with Crippen molar-refractivity contribution in [3.05, 3.63) is 29.7 Å². The zero-order chi connectivity index (χ0) is 20.6. The number of carbonyl (C=O) groups excluding carboxylic acids is 1. The van der Waals surface area contributed by atoms with Crippen LogP contribution in [0.25, 0.3) is 11.5 Å². The lowest BCUT2D eigenvalue weighted by molar-refractivity contribution is -0.149. The Hall–Kier alpha value is -2.55. The fraction of sp³-hybridized carbons (Fsp3) is 0.550. The molecule has 2 aliphatic heterocycles. The van der Waals surface area contributed by atoms with Gasteiger partial charge >= 0.3 is 6.43 Å². The van der Waals surface area contributed by atoms with Gasteiger partial charge in [0.15, 0.2) is 0 Å². The van der Waals surface area contributed by atoms with Gasteiger partial charge in [0.2, 0.25) is 11.8 Å². The van der Waals surface area contributed by atoms with Gasteiger partial charge in [-0.2, -0.15) is 8.78 Å². The molecule has 1 amide bonds. The van der Waals surface area contributed by atoms with Crippen molar-refractivity contribution in [2.75, 3.05) is 19.8 Å². The second kappa shape index (κ2) is 7.70.